The average molecular weight is 323 g/mol. The molecular weight excluding hydrogens is 305 g/mol. The summed E-state index contributed by atoms with van der Waals surface area (Å²) in [5, 5.41) is 23.6. The van der Waals surface area contributed by atoms with Gasteiger partial charge >= 0.3 is 0 Å². The molecule has 3 N–H and O–H groups in total. The molecule has 0 radical (unpaired) electrons. The molecule has 4 rings (SSSR count). The number of piperidine rings is 1. The Morgan fingerprint density at radius 3 is 2.71 bits per heavy atom. The van der Waals surface area contributed by atoms with Crippen LogP contribution in [0.1, 0.15) is 29.9 Å². The number of halogens is 1. The van der Waals surface area contributed by atoms with Crippen molar-refractivity contribution in [3.63, 3.8) is 0 Å². The Kier molecular flexibility index (Phi) is 3.79. The molecule has 0 amide bonds. The number of hydrogen-bond donors (Lipinski definition) is 3. The Hall–Kier alpha value is -2.65. The highest BCUT2D eigenvalue weighted by Gasteiger charge is 2.35. The van der Waals surface area contributed by atoms with E-state index in [1.807, 2.05) is 0 Å². The van der Waals surface area contributed by atoms with Gasteiger partial charge in [-0.3, -0.25) is 5.10 Å². The van der Waals surface area contributed by atoms with E-state index in [-0.39, 0.29) is 11.7 Å². The Morgan fingerprint density at radius 1 is 1.17 bits per heavy atom. The van der Waals surface area contributed by atoms with E-state index in [0.29, 0.717) is 11.1 Å². The lowest BCUT2D eigenvalue weighted by Gasteiger charge is -2.32. The minimum atomic E-state index is -0.420. The van der Waals surface area contributed by atoms with Gasteiger partial charge in [-0.2, -0.15) is 10.4 Å². The minimum absolute atomic E-state index is 0.270. The molecule has 1 fully saturated rings. The van der Waals surface area contributed by atoms with Crippen LogP contribution in [0.4, 0.5) is 10.2 Å². The molecule has 1 saturated heterocycles. The first-order chi connectivity index (χ1) is 11.8. The van der Waals surface area contributed by atoms with E-state index in [1.54, 1.807) is 24.4 Å². The van der Waals surface area contributed by atoms with Crippen LogP contribution in [-0.4, -0.2) is 23.3 Å². The summed E-state index contributed by atoms with van der Waals surface area (Å²) in [5.74, 6) is 0.312. The predicted octanol–water partition coefficient (Wildman–Crippen LogP) is 2.88. The van der Waals surface area contributed by atoms with Gasteiger partial charge in [0.2, 0.25) is 0 Å². The van der Waals surface area contributed by atoms with Crippen LogP contribution >= 0.6 is 0 Å². The van der Waals surface area contributed by atoms with Crippen molar-refractivity contribution in [2.45, 2.75) is 18.8 Å². The number of nitrogens with one attached hydrogen (secondary N) is 3. The first-order valence-corrected chi connectivity index (χ1v) is 8.19. The van der Waals surface area contributed by atoms with Gasteiger partial charge < -0.3 is 10.6 Å². The molecule has 1 unspecified atom stereocenters. The SMILES string of the molecule is N#CC1=C(C2CCNCC2)Nc2[nH]ncc2C1c1ccccc1F. The van der Waals surface area contributed by atoms with E-state index < -0.39 is 5.92 Å². The number of benzene rings is 1. The lowest BCUT2D eigenvalue weighted by atomic mass is 9.79. The van der Waals surface area contributed by atoms with Crippen molar-refractivity contribution in [2.24, 2.45) is 5.92 Å². The van der Waals surface area contributed by atoms with E-state index >= 15 is 0 Å². The lowest BCUT2D eigenvalue weighted by Crippen LogP contribution is -2.32. The highest BCUT2D eigenvalue weighted by molar-refractivity contribution is 5.64. The van der Waals surface area contributed by atoms with Gasteiger partial charge in [0.15, 0.2) is 0 Å². The molecule has 1 atom stereocenters. The van der Waals surface area contributed by atoms with Crippen LogP contribution in [0.5, 0.6) is 0 Å². The molecule has 6 heteroatoms. The van der Waals surface area contributed by atoms with Crippen LogP contribution in [0.25, 0.3) is 0 Å². The van der Waals surface area contributed by atoms with Crippen LogP contribution < -0.4 is 10.6 Å². The van der Waals surface area contributed by atoms with Crippen molar-refractivity contribution in [1.29, 1.82) is 5.26 Å². The Morgan fingerprint density at radius 2 is 1.96 bits per heavy atom. The maximum Gasteiger partial charge on any atom is 0.129 e. The van der Waals surface area contributed by atoms with Gasteiger partial charge in [-0.15, -0.1) is 0 Å². The van der Waals surface area contributed by atoms with Crippen molar-refractivity contribution in [1.82, 2.24) is 15.5 Å². The standard InChI is InChI=1S/C18H18FN5/c19-15-4-2-1-3-12(15)16-13(9-20)17(11-5-7-21-8-6-11)23-18-14(16)10-22-24-18/h1-4,10-11,16,21H,5-8H2,(H2,22,23,24). The number of nitriles is 1. The fourth-order valence-electron chi connectivity index (χ4n) is 3.72. The zero-order valence-electron chi connectivity index (χ0n) is 13.1. The second kappa shape index (κ2) is 6.10. The smallest absolute Gasteiger partial charge is 0.129 e. The number of rotatable bonds is 2. The molecule has 5 nitrogen and oxygen atoms in total. The number of aromatic nitrogens is 2. The van der Waals surface area contributed by atoms with Gasteiger partial charge in [0.05, 0.1) is 23.8 Å². The predicted molar refractivity (Wildman–Crippen MR) is 88.7 cm³/mol. The Bertz CT molecular complexity index is 826. The summed E-state index contributed by atoms with van der Waals surface area (Å²) in [6.07, 6.45) is 3.60. The third-order valence-corrected chi connectivity index (χ3v) is 4.90. The van der Waals surface area contributed by atoms with Gasteiger partial charge in [-0.25, -0.2) is 4.39 Å². The summed E-state index contributed by atoms with van der Waals surface area (Å²) in [7, 11) is 0. The third-order valence-electron chi connectivity index (χ3n) is 4.90. The largest absolute Gasteiger partial charge is 0.343 e. The molecule has 1 aromatic carbocycles. The number of allylic oxidation sites excluding steroid dienone is 2. The number of H-pyrrole nitrogens is 1. The lowest BCUT2D eigenvalue weighted by molar-refractivity contribution is 0.417. The summed E-state index contributed by atoms with van der Waals surface area (Å²) in [6.45, 7) is 1.85. The molecule has 0 aliphatic carbocycles. The summed E-state index contributed by atoms with van der Waals surface area (Å²) >= 11 is 0. The second-order valence-electron chi connectivity index (χ2n) is 6.24. The summed E-state index contributed by atoms with van der Waals surface area (Å²) in [4.78, 5) is 0. The molecule has 0 spiro atoms. The molecular formula is C18H18FN5. The highest BCUT2D eigenvalue weighted by atomic mass is 19.1. The maximum atomic E-state index is 14.5. The molecule has 2 aliphatic rings. The summed E-state index contributed by atoms with van der Waals surface area (Å²) in [5.41, 5.74) is 2.84. The maximum absolute atomic E-state index is 14.5. The van der Waals surface area contributed by atoms with Crippen molar-refractivity contribution in [3.05, 3.63) is 58.7 Å². The molecule has 2 aromatic rings. The number of fused-ring (bicyclic) bond motifs is 1. The quantitative estimate of drug-likeness (QED) is 0.794. The van der Waals surface area contributed by atoms with Crippen LogP contribution in [0.3, 0.4) is 0 Å². The summed E-state index contributed by atoms with van der Waals surface area (Å²) < 4.78 is 14.5. The zero-order valence-corrected chi connectivity index (χ0v) is 13.1. The monoisotopic (exact) mass is 323 g/mol. The molecule has 0 saturated carbocycles. The number of hydrogen-bond acceptors (Lipinski definition) is 4. The van der Waals surface area contributed by atoms with Gasteiger partial charge in [0, 0.05) is 22.7 Å². The van der Waals surface area contributed by atoms with E-state index in [1.165, 1.54) is 6.07 Å². The summed E-state index contributed by atoms with van der Waals surface area (Å²) in [6, 6.07) is 9.01. The van der Waals surface area contributed by atoms with Crippen LogP contribution in [0.15, 0.2) is 41.7 Å². The fraction of sp³-hybridized carbons (Fsp3) is 0.333. The van der Waals surface area contributed by atoms with Gasteiger partial charge in [-0.05, 0) is 32.0 Å². The van der Waals surface area contributed by atoms with Crippen molar-refractivity contribution in [2.75, 3.05) is 18.4 Å². The zero-order chi connectivity index (χ0) is 16.5. The van der Waals surface area contributed by atoms with Crippen LogP contribution in [0, 0.1) is 23.1 Å². The fourth-order valence-corrected chi connectivity index (χ4v) is 3.72. The third kappa shape index (κ3) is 2.38. The Balaban J connectivity index is 1.87. The topological polar surface area (TPSA) is 76.5 Å². The van der Waals surface area contributed by atoms with E-state index in [4.69, 9.17) is 0 Å². The molecule has 3 heterocycles. The van der Waals surface area contributed by atoms with Crippen LogP contribution in [-0.2, 0) is 0 Å². The number of aromatic amines is 1. The molecule has 0 bridgehead atoms. The normalized spacial score (nSPS) is 21.1. The average Bonchev–Trinajstić information content (AvgIpc) is 3.10. The number of nitrogens with zero attached hydrogens (tertiary/aromatic N) is 2. The van der Waals surface area contributed by atoms with Crippen molar-refractivity contribution in [3.8, 4) is 6.07 Å². The highest BCUT2D eigenvalue weighted by Crippen LogP contribution is 2.43. The van der Waals surface area contributed by atoms with E-state index in [9.17, 15) is 9.65 Å². The Labute approximate surface area is 139 Å². The number of anilines is 1. The molecule has 1 aromatic heterocycles. The molecule has 2 aliphatic heterocycles. The van der Waals surface area contributed by atoms with Crippen molar-refractivity contribution < 1.29 is 4.39 Å². The van der Waals surface area contributed by atoms with Gasteiger partial charge in [-0.1, -0.05) is 18.2 Å². The van der Waals surface area contributed by atoms with E-state index in [2.05, 4.69) is 26.9 Å². The van der Waals surface area contributed by atoms with Crippen LogP contribution in [0.2, 0.25) is 0 Å². The first kappa shape index (κ1) is 14.9. The van der Waals surface area contributed by atoms with Crippen molar-refractivity contribution >= 4 is 5.82 Å². The second-order valence-corrected chi connectivity index (χ2v) is 6.24. The van der Waals surface area contributed by atoms with Gasteiger partial charge in [0.1, 0.15) is 11.6 Å². The molecule has 122 valence electrons. The minimum Gasteiger partial charge on any atom is -0.343 e. The van der Waals surface area contributed by atoms with E-state index in [0.717, 1.165) is 43.0 Å². The first-order valence-electron chi connectivity index (χ1n) is 8.19. The van der Waals surface area contributed by atoms with Gasteiger partial charge in [0.25, 0.3) is 0 Å². The molecule has 24 heavy (non-hydrogen) atoms.